The van der Waals surface area contributed by atoms with E-state index in [-0.39, 0.29) is 0 Å². The predicted molar refractivity (Wildman–Crippen MR) is 45.4 cm³/mol. The summed E-state index contributed by atoms with van der Waals surface area (Å²) in [4.78, 5) is 0. The van der Waals surface area contributed by atoms with Crippen LogP contribution in [0.25, 0.3) is 0 Å². The van der Waals surface area contributed by atoms with E-state index in [1.807, 2.05) is 13.8 Å². The van der Waals surface area contributed by atoms with Gasteiger partial charge in [0.1, 0.15) is 0 Å². The number of aliphatic hydroxyl groups excluding tert-OH is 2. The van der Waals surface area contributed by atoms with Crippen molar-refractivity contribution in [2.24, 2.45) is 0 Å². The van der Waals surface area contributed by atoms with Crippen molar-refractivity contribution in [1.29, 1.82) is 0 Å². The van der Waals surface area contributed by atoms with Crippen molar-refractivity contribution in [3.05, 3.63) is 12.2 Å². The van der Waals surface area contributed by atoms with Crippen molar-refractivity contribution in [3.8, 4) is 0 Å². The fourth-order valence-electron chi connectivity index (χ4n) is 0.738. The maximum Gasteiger partial charge on any atom is 0.0992 e. The molecule has 3 nitrogen and oxygen atoms in total. The SMILES string of the molecule is CC=CC(O)C(O)CNCC. The number of likely N-dealkylation sites (N-methyl/N-ethyl adjacent to an activating group) is 1. The van der Waals surface area contributed by atoms with Crippen molar-refractivity contribution in [1.82, 2.24) is 5.32 Å². The van der Waals surface area contributed by atoms with E-state index in [4.69, 9.17) is 5.11 Å². The first-order valence-electron chi connectivity index (χ1n) is 3.92. The number of allylic oxidation sites excluding steroid dienone is 1. The van der Waals surface area contributed by atoms with Crippen LogP contribution in [0.5, 0.6) is 0 Å². The van der Waals surface area contributed by atoms with Gasteiger partial charge in [-0.1, -0.05) is 19.1 Å². The van der Waals surface area contributed by atoms with Crippen molar-refractivity contribution in [2.75, 3.05) is 13.1 Å². The Morgan fingerprint density at radius 1 is 1.45 bits per heavy atom. The summed E-state index contributed by atoms with van der Waals surface area (Å²) in [6.45, 7) is 5.00. The Morgan fingerprint density at radius 3 is 2.55 bits per heavy atom. The molecule has 3 N–H and O–H groups in total. The summed E-state index contributed by atoms with van der Waals surface area (Å²) in [6.07, 6.45) is 1.84. The van der Waals surface area contributed by atoms with Gasteiger partial charge in [-0.15, -0.1) is 0 Å². The highest BCUT2D eigenvalue weighted by Gasteiger charge is 2.10. The second-order valence-corrected chi connectivity index (χ2v) is 2.39. The minimum Gasteiger partial charge on any atom is -0.389 e. The molecule has 2 unspecified atom stereocenters. The molecular weight excluding hydrogens is 142 g/mol. The van der Waals surface area contributed by atoms with Gasteiger partial charge in [-0.2, -0.15) is 0 Å². The van der Waals surface area contributed by atoms with Crippen molar-refractivity contribution < 1.29 is 10.2 Å². The zero-order valence-corrected chi connectivity index (χ0v) is 7.12. The van der Waals surface area contributed by atoms with E-state index in [2.05, 4.69) is 5.32 Å². The molecule has 0 radical (unpaired) electrons. The molecule has 0 heterocycles. The Bertz CT molecular complexity index is 115. The van der Waals surface area contributed by atoms with Crippen LogP contribution >= 0.6 is 0 Å². The molecule has 0 aromatic rings. The van der Waals surface area contributed by atoms with Crippen LogP contribution < -0.4 is 5.32 Å². The highest BCUT2D eigenvalue weighted by Crippen LogP contribution is 1.93. The third-order valence-corrected chi connectivity index (χ3v) is 1.39. The fourth-order valence-corrected chi connectivity index (χ4v) is 0.738. The standard InChI is InChI=1S/C8H17NO2/c1-3-5-7(10)8(11)6-9-4-2/h3,5,7-11H,4,6H2,1-2H3. The summed E-state index contributed by atoms with van der Waals surface area (Å²) in [5.41, 5.74) is 0. The van der Waals surface area contributed by atoms with E-state index < -0.39 is 12.2 Å². The highest BCUT2D eigenvalue weighted by molar-refractivity contribution is 4.90. The molecule has 0 bridgehead atoms. The molecule has 0 rings (SSSR count). The highest BCUT2D eigenvalue weighted by atomic mass is 16.3. The summed E-state index contributed by atoms with van der Waals surface area (Å²) >= 11 is 0. The third-order valence-electron chi connectivity index (χ3n) is 1.39. The molecule has 2 atom stereocenters. The van der Waals surface area contributed by atoms with Crippen molar-refractivity contribution >= 4 is 0 Å². The predicted octanol–water partition coefficient (Wildman–Crippen LogP) is -0.106. The molecule has 0 aliphatic heterocycles. The molecule has 0 fully saturated rings. The summed E-state index contributed by atoms with van der Waals surface area (Å²) in [5, 5.41) is 21.3. The third kappa shape index (κ3) is 4.95. The molecule has 0 saturated heterocycles. The van der Waals surface area contributed by atoms with E-state index in [9.17, 15) is 5.11 Å². The molecule has 66 valence electrons. The molecule has 3 heteroatoms. The maximum absolute atomic E-state index is 9.22. The Morgan fingerprint density at radius 2 is 2.09 bits per heavy atom. The summed E-state index contributed by atoms with van der Waals surface area (Å²) in [7, 11) is 0. The van der Waals surface area contributed by atoms with Gasteiger partial charge in [0.05, 0.1) is 12.2 Å². The summed E-state index contributed by atoms with van der Waals surface area (Å²) < 4.78 is 0. The number of aliphatic hydroxyl groups is 2. The first kappa shape index (κ1) is 10.6. The van der Waals surface area contributed by atoms with Gasteiger partial charge in [-0.05, 0) is 13.5 Å². The van der Waals surface area contributed by atoms with Gasteiger partial charge < -0.3 is 15.5 Å². The Hall–Kier alpha value is -0.380. The van der Waals surface area contributed by atoms with Crippen LogP contribution in [0.3, 0.4) is 0 Å². The lowest BCUT2D eigenvalue weighted by Crippen LogP contribution is -2.35. The zero-order chi connectivity index (χ0) is 8.69. The number of hydrogen-bond donors (Lipinski definition) is 3. The fraction of sp³-hybridized carbons (Fsp3) is 0.750. The average molecular weight is 159 g/mol. The second-order valence-electron chi connectivity index (χ2n) is 2.39. The normalized spacial score (nSPS) is 17.1. The van der Waals surface area contributed by atoms with Crippen LogP contribution in [-0.4, -0.2) is 35.5 Å². The van der Waals surface area contributed by atoms with Crippen molar-refractivity contribution in [2.45, 2.75) is 26.1 Å². The molecule has 11 heavy (non-hydrogen) atoms. The quantitative estimate of drug-likeness (QED) is 0.491. The Kier molecular flexibility index (Phi) is 6.12. The van der Waals surface area contributed by atoms with Gasteiger partial charge in [0, 0.05) is 6.54 Å². The Balaban J connectivity index is 3.54. The summed E-state index contributed by atoms with van der Waals surface area (Å²) in [5.74, 6) is 0. The van der Waals surface area contributed by atoms with E-state index >= 15 is 0 Å². The molecule has 0 aromatic heterocycles. The van der Waals surface area contributed by atoms with Gasteiger partial charge in [-0.3, -0.25) is 0 Å². The minimum atomic E-state index is -0.751. The maximum atomic E-state index is 9.22. The first-order chi connectivity index (χ1) is 5.22. The molecular formula is C8H17NO2. The van der Waals surface area contributed by atoms with E-state index in [1.54, 1.807) is 12.2 Å². The number of hydrogen-bond acceptors (Lipinski definition) is 3. The summed E-state index contributed by atoms with van der Waals surface area (Å²) in [6, 6.07) is 0. The molecule has 0 amide bonds. The Labute approximate surface area is 67.7 Å². The van der Waals surface area contributed by atoms with E-state index in [0.29, 0.717) is 6.54 Å². The minimum absolute atomic E-state index is 0.433. The molecule has 0 saturated carbocycles. The van der Waals surface area contributed by atoms with E-state index in [1.165, 1.54) is 0 Å². The van der Waals surface area contributed by atoms with Gasteiger partial charge >= 0.3 is 0 Å². The van der Waals surface area contributed by atoms with Crippen LogP contribution in [0, 0.1) is 0 Å². The molecule has 0 aliphatic carbocycles. The van der Waals surface area contributed by atoms with Crippen LogP contribution in [0.4, 0.5) is 0 Å². The molecule has 0 spiro atoms. The van der Waals surface area contributed by atoms with Crippen molar-refractivity contribution in [3.63, 3.8) is 0 Å². The first-order valence-corrected chi connectivity index (χ1v) is 3.92. The van der Waals surface area contributed by atoms with E-state index in [0.717, 1.165) is 6.54 Å². The van der Waals surface area contributed by atoms with Crippen LogP contribution in [-0.2, 0) is 0 Å². The lowest BCUT2D eigenvalue weighted by molar-refractivity contribution is 0.0494. The number of nitrogens with one attached hydrogen (secondary N) is 1. The van der Waals surface area contributed by atoms with Crippen LogP contribution in [0.15, 0.2) is 12.2 Å². The monoisotopic (exact) mass is 159 g/mol. The lowest BCUT2D eigenvalue weighted by Gasteiger charge is -2.14. The van der Waals surface area contributed by atoms with Gasteiger partial charge in [0.25, 0.3) is 0 Å². The second kappa shape index (κ2) is 6.34. The van der Waals surface area contributed by atoms with Gasteiger partial charge in [0.2, 0.25) is 0 Å². The molecule has 0 aliphatic rings. The van der Waals surface area contributed by atoms with Crippen LogP contribution in [0.1, 0.15) is 13.8 Å². The largest absolute Gasteiger partial charge is 0.389 e. The molecule has 0 aromatic carbocycles. The van der Waals surface area contributed by atoms with Gasteiger partial charge in [-0.25, -0.2) is 0 Å². The zero-order valence-electron chi connectivity index (χ0n) is 7.12. The number of rotatable bonds is 5. The lowest BCUT2D eigenvalue weighted by atomic mass is 10.2. The van der Waals surface area contributed by atoms with Gasteiger partial charge in [0.15, 0.2) is 0 Å². The average Bonchev–Trinajstić information content (AvgIpc) is 2.00. The topological polar surface area (TPSA) is 52.5 Å². The van der Waals surface area contributed by atoms with Crippen LogP contribution in [0.2, 0.25) is 0 Å². The smallest absolute Gasteiger partial charge is 0.0992 e.